The monoisotopic (exact) mass is 544 g/mol. The van der Waals surface area contributed by atoms with E-state index in [4.69, 9.17) is 16.3 Å². The number of aliphatic hydroxyl groups is 2. The van der Waals surface area contributed by atoms with Gasteiger partial charge in [0.1, 0.15) is 0 Å². The minimum Gasteiger partial charge on any atom is -0.395 e. The molecule has 3 amide bonds. The van der Waals surface area contributed by atoms with Crippen molar-refractivity contribution in [1.82, 2.24) is 16.0 Å². The molecule has 214 valence electrons. The summed E-state index contributed by atoms with van der Waals surface area (Å²) in [7, 11) is 0. The second-order valence-electron chi connectivity index (χ2n) is 10.1. The third kappa shape index (κ3) is 13.9. The molecule has 0 spiro atoms. The van der Waals surface area contributed by atoms with E-state index >= 15 is 0 Å². The molecule has 7 N–H and O–H groups in total. The average Bonchev–Trinajstić information content (AvgIpc) is 3.46. The van der Waals surface area contributed by atoms with Gasteiger partial charge in [-0.1, -0.05) is 76.3 Å². The Morgan fingerprint density at radius 2 is 1.73 bits per heavy atom. The number of hydrogen-bond acceptors (Lipinski definition) is 6. The van der Waals surface area contributed by atoms with Crippen LogP contribution in [0.1, 0.15) is 108 Å². The van der Waals surface area contributed by atoms with E-state index in [1.807, 2.05) is 6.08 Å². The quantitative estimate of drug-likeness (QED) is 0.0698. The number of aliphatic hydroxyl groups excluding tert-OH is 2. The first-order valence-electron chi connectivity index (χ1n) is 16.1. The maximum atomic E-state index is 12.3. The van der Waals surface area contributed by atoms with E-state index in [1.54, 1.807) is 6.08 Å². The minimum atomic E-state index is -2.30. The minimum absolute atomic E-state index is 0.0568. The van der Waals surface area contributed by atoms with Gasteiger partial charge in [0.15, 0.2) is 0 Å². The molecule has 2 aliphatic rings. The molecule has 0 aromatic rings. The lowest BCUT2D eigenvalue weighted by atomic mass is 10.0. The number of rotatable bonds is 22. The Balaban J connectivity index is 1.43. The molecule has 2 fully saturated rings. The van der Waals surface area contributed by atoms with Gasteiger partial charge in [-0.15, -0.1) is 0 Å². The van der Waals surface area contributed by atoms with E-state index < -0.39 is 37.2 Å². The number of carbonyl (C=O) groups excluding carboxylic acids is 2. The van der Waals surface area contributed by atoms with Gasteiger partial charge in [-0.05, 0) is 32.1 Å². The number of allylic oxidation sites excluding steroid dienone is 1. The average molecular weight is 545 g/mol. The van der Waals surface area contributed by atoms with Crippen LogP contribution < -0.4 is 21.7 Å². The van der Waals surface area contributed by atoms with Crippen LogP contribution in [0.15, 0.2) is 12.2 Å². The van der Waals surface area contributed by atoms with Gasteiger partial charge in [-0.2, -0.15) is 11.8 Å². The number of unbranched alkanes of at least 4 members (excludes halogenated alkanes) is 11. The van der Waals surface area contributed by atoms with Gasteiger partial charge in [-0.25, -0.2) is 4.79 Å². The maximum Gasteiger partial charge on any atom is 0.315 e. The molecule has 0 aromatic carbocycles. The molecule has 1 unspecified atom stereocenters. The number of nitrogens with one attached hydrogen (secondary N) is 3. The van der Waals surface area contributed by atoms with Crippen molar-refractivity contribution >= 4 is 23.7 Å². The Kier molecular flexibility index (Phi) is 13.8. The van der Waals surface area contributed by atoms with Crippen molar-refractivity contribution < 1.29 is 25.3 Å². The number of amides is 3. The predicted octanol–water partition coefficient (Wildman–Crippen LogP) is 3.75. The normalized spacial score (nSPS) is 24.9. The second kappa shape index (κ2) is 19.7. The molecule has 37 heavy (non-hydrogen) atoms. The molecule has 9 heteroatoms. The third-order valence-electron chi connectivity index (χ3n) is 6.97. The number of hydrogen-bond donors (Lipinski definition) is 6. The topological polar surface area (TPSA) is 137 Å². The Morgan fingerprint density at radius 3 is 2.41 bits per heavy atom. The van der Waals surface area contributed by atoms with Gasteiger partial charge >= 0.3 is 6.03 Å². The fourth-order valence-electron chi connectivity index (χ4n) is 4.64. The molecule has 0 aromatic heterocycles. The lowest BCUT2D eigenvalue weighted by Gasteiger charge is -2.16. The summed E-state index contributed by atoms with van der Waals surface area (Å²) in [6, 6.07) is -1.15. The highest BCUT2D eigenvalue weighted by molar-refractivity contribution is 8.00. The Bertz CT molecular complexity index is 824. The highest BCUT2D eigenvalue weighted by Crippen LogP contribution is 2.33. The van der Waals surface area contributed by atoms with Crippen LogP contribution in [0.4, 0.5) is 4.79 Å². The summed E-state index contributed by atoms with van der Waals surface area (Å²) in [4.78, 5) is 23.9. The lowest BCUT2D eigenvalue weighted by molar-refractivity contribution is -0.121. The van der Waals surface area contributed by atoms with Gasteiger partial charge in [-0.3, -0.25) is 4.79 Å². The van der Waals surface area contributed by atoms with Crippen LogP contribution in [0.5, 0.6) is 0 Å². The molecule has 2 aliphatic heterocycles. The number of fused-ring (bicyclic) bond motifs is 1. The van der Waals surface area contributed by atoms with E-state index in [0.717, 1.165) is 38.5 Å². The van der Waals surface area contributed by atoms with Crippen molar-refractivity contribution in [3.63, 3.8) is 0 Å². The van der Waals surface area contributed by atoms with Crippen molar-refractivity contribution in [2.45, 2.75) is 132 Å². The van der Waals surface area contributed by atoms with Crippen molar-refractivity contribution in [2.24, 2.45) is 5.73 Å². The van der Waals surface area contributed by atoms with Gasteiger partial charge < -0.3 is 31.9 Å². The number of carbonyl (C=O) groups is 2. The van der Waals surface area contributed by atoms with Gasteiger partial charge in [0.2, 0.25) is 5.91 Å². The summed E-state index contributed by atoms with van der Waals surface area (Å²) in [6.45, 7) is 0.248. The summed E-state index contributed by atoms with van der Waals surface area (Å²) in [5, 5.41) is 26.7. The summed E-state index contributed by atoms with van der Waals surface area (Å²) in [5.41, 5.74) is 5.55. The van der Waals surface area contributed by atoms with Crippen molar-refractivity contribution in [3.8, 4) is 0 Å². The summed E-state index contributed by atoms with van der Waals surface area (Å²) in [5.74, 6) is 0.205. The molecular formula is C28H52N4O4S. The van der Waals surface area contributed by atoms with Crippen molar-refractivity contribution in [2.75, 3.05) is 18.9 Å². The Morgan fingerprint density at radius 1 is 1.08 bits per heavy atom. The first-order chi connectivity index (χ1) is 19.5. The molecule has 0 saturated carbocycles. The van der Waals surface area contributed by atoms with Crippen LogP contribution in [0.3, 0.4) is 0 Å². The van der Waals surface area contributed by atoms with E-state index in [2.05, 4.69) is 16.0 Å². The van der Waals surface area contributed by atoms with E-state index in [9.17, 15) is 14.7 Å². The predicted molar refractivity (Wildman–Crippen MR) is 153 cm³/mol. The molecule has 2 heterocycles. The third-order valence-corrected chi connectivity index (χ3v) is 8.41. The van der Waals surface area contributed by atoms with Crippen LogP contribution >= 0.6 is 11.8 Å². The van der Waals surface area contributed by atoms with Crippen LogP contribution in [0.2, 0.25) is 0 Å². The molecule has 2 rings (SSSR count). The standard InChI is InChI=1S/C28H52N4O4S/c29-22(20-33)24(34)16-12-10-8-6-4-2-1-3-5-7-9-11-15-19-30-26(35)18-14-13-17-25-27-23(21-37-25)31-28(36)32-27/h12,16,22-25,27,33-34H,1-11,13-15,17-21,29H2,(H,30,35)(H2,31,32,36)/b16-12+/t22-,23-,24+,25?,27-/m0/s1/i13D2,14D2. The first kappa shape index (κ1) is 26.0. The summed E-state index contributed by atoms with van der Waals surface area (Å²) < 4.78 is 33.3. The highest BCUT2D eigenvalue weighted by atomic mass is 32.2. The molecule has 0 aliphatic carbocycles. The first-order valence-corrected chi connectivity index (χ1v) is 15.2. The highest BCUT2D eigenvalue weighted by Gasteiger charge is 2.42. The summed E-state index contributed by atoms with van der Waals surface area (Å²) >= 11 is 1.53. The fraction of sp³-hybridized carbons (Fsp3) is 0.857. The maximum absolute atomic E-state index is 12.3. The largest absolute Gasteiger partial charge is 0.395 e. The molecule has 8 nitrogen and oxygen atoms in total. The van der Waals surface area contributed by atoms with Crippen molar-refractivity contribution in [3.05, 3.63) is 12.2 Å². The number of thioether (sulfide) groups is 1. The SMILES string of the molecule is [2H]C([2H])(CC(=O)NCCCCCCCCCCCCC/C=C/[C@@H](O)[C@@H](N)CO)C([2H])([2H])CC1SC[C@@H]2NC(=O)N[C@H]12. The van der Waals surface area contributed by atoms with Crippen LogP contribution in [-0.2, 0) is 4.79 Å². The second-order valence-corrected chi connectivity index (χ2v) is 11.4. The zero-order chi connectivity index (χ0) is 30.3. The molecule has 5 atom stereocenters. The molecular weight excluding hydrogens is 488 g/mol. The van der Waals surface area contributed by atoms with Gasteiger partial charge in [0.05, 0.1) is 30.8 Å². The fourth-order valence-corrected chi connectivity index (χ4v) is 6.05. The zero-order valence-electron chi connectivity index (χ0n) is 26.3. The van der Waals surface area contributed by atoms with E-state index in [1.165, 1.54) is 50.3 Å². The summed E-state index contributed by atoms with van der Waals surface area (Å²) in [6.07, 6.45) is 11.1. The molecule has 0 radical (unpaired) electrons. The Hall–Kier alpha value is -1.29. The van der Waals surface area contributed by atoms with Crippen molar-refractivity contribution in [1.29, 1.82) is 0 Å². The molecule has 2 saturated heterocycles. The number of nitrogens with two attached hydrogens (primary N) is 1. The Labute approximate surface area is 234 Å². The van der Waals surface area contributed by atoms with E-state index in [0.29, 0.717) is 12.3 Å². The van der Waals surface area contributed by atoms with Gasteiger partial charge in [0.25, 0.3) is 0 Å². The lowest BCUT2D eigenvalue weighted by Crippen LogP contribution is -2.36. The smallest absolute Gasteiger partial charge is 0.315 e. The van der Waals surface area contributed by atoms with Crippen LogP contribution in [-0.4, -0.2) is 70.5 Å². The zero-order valence-corrected chi connectivity index (χ0v) is 23.1. The van der Waals surface area contributed by atoms with Crippen LogP contribution in [0, 0.1) is 0 Å². The van der Waals surface area contributed by atoms with E-state index in [-0.39, 0.29) is 36.4 Å². The van der Waals surface area contributed by atoms with Gasteiger partial charge in [0, 0.05) is 29.5 Å². The molecule has 0 bridgehead atoms. The number of urea groups is 1. The van der Waals surface area contributed by atoms with Crippen LogP contribution in [0.25, 0.3) is 0 Å².